The molecule has 1 heterocycles. The molecule has 2 aromatic carbocycles. The number of aromatic nitrogens is 1. The molecule has 0 saturated carbocycles. The molecule has 0 radical (unpaired) electrons. The van der Waals surface area contributed by atoms with Crippen LogP contribution in [-0.2, 0) is 11.3 Å². The normalized spacial score (nSPS) is 10.7. The summed E-state index contributed by atoms with van der Waals surface area (Å²) in [7, 11) is 0. The Morgan fingerprint density at radius 3 is 2.96 bits per heavy atom. The van der Waals surface area contributed by atoms with Crippen LogP contribution in [0.25, 0.3) is 11.1 Å². The summed E-state index contributed by atoms with van der Waals surface area (Å²) in [6.45, 7) is 1.86. The monoisotopic (exact) mass is 314 g/mol. The van der Waals surface area contributed by atoms with Crippen LogP contribution < -0.4 is 10.1 Å². The van der Waals surface area contributed by atoms with Gasteiger partial charge in [-0.25, -0.2) is 9.37 Å². The first-order valence-electron chi connectivity index (χ1n) is 7.12. The summed E-state index contributed by atoms with van der Waals surface area (Å²) in [6.07, 6.45) is 0. The number of rotatable bonds is 5. The van der Waals surface area contributed by atoms with E-state index in [1.165, 1.54) is 12.1 Å². The summed E-state index contributed by atoms with van der Waals surface area (Å²) in [4.78, 5) is 16.0. The molecule has 0 aliphatic carbocycles. The number of carbonyl (C=O) groups excluding carboxylic acids is 1. The van der Waals surface area contributed by atoms with Crippen molar-refractivity contribution in [2.24, 2.45) is 0 Å². The maximum absolute atomic E-state index is 13.4. The van der Waals surface area contributed by atoms with E-state index in [0.29, 0.717) is 18.0 Å². The van der Waals surface area contributed by atoms with Gasteiger partial charge >= 0.3 is 0 Å². The molecule has 0 aliphatic heterocycles. The Bertz CT molecular complexity index is 845. The molecular weight excluding hydrogens is 299 g/mol. The van der Waals surface area contributed by atoms with Crippen molar-refractivity contribution >= 4 is 17.0 Å². The number of fused-ring (bicyclic) bond motifs is 1. The molecule has 0 fully saturated rings. The van der Waals surface area contributed by atoms with E-state index in [9.17, 15) is 9.18 Å². The van der Waals surface area contributed by atoms with Gasteiger partial charge in [0.05, 0.1) is 0 Å². The number of ether oxygens (including phenoxy) is 1. The quantitative estimate of drug-likeness (QED) is 0.786. The molecule has 0 unspecified atom stereocenters. The molecule has 0 aliphatic rings. The van der Waals surface area contributed by atoms with Gasteiger partial charge in [-0.15, -0.1) is 0 Å². The van der Waals surface area contributed by atoms with Crippen molar-refractivity contribution in [3.63, 3.8) is 0 Å². The topological polar surface area (TPSA) is 64.4 Å². The number of oxazole rings is 1. The fourth-order valence-electron chi connectivity index (χ4n) is 2.15. The minimum Gasteiger partial charge on any atom is -0.481 e. The summed E-state index contributed by atoms with van der Waals surface area (Å²) in [5.41, 5.74) is 2.34. The maximum atomic E-state index is 13.4. The zero-order valence-electron chi connectivity index (χ0n) is 12.5. The van der Waals surface area contributed by atoms with Gasteiger partial charge in [-0.05, 0) is 29.8 Å². The Hall–Kier alpha value is -2.89. The second kappa shape index (κ2) is 6.48. The van der Waals surface area contributed by atoms with E-state index in [2.05, 4.69) is 10.3 Å². The van der Waals surface area contributed by atoms with Gasteiger partial charge in [-0.2, -0.15) is 0 Å². The number of hydrogen-bond donors (Lipinski definition) is 1. The number of halogens is 1. The summed E-state index contributed by atoms with van der Waals surface area (Å²) in [5.74, 6) is -0.172. The van der Waals surface area contributed by atoms with E-state index in [1.807, 2.05) is 18.2 Å². The smallest absolute Gasteiger partial charge is 0.258 e. The van der Waals surface area contributed by atoms with Crippen LogP contribution in [0, 0.1) is 12.7 Å². The summed E-state index contributed by atoms with van der Waals surface area (Å²) in [5, 5.41) is 2.71. The van der Waals surface area contributed by atoms with E-state index in [-0.39, 0.29) is 18.3 Å². The van der Waals surface area contributed by atoms with Gasteiger partial charge in [0.25, 0.3) is 5.91 Å². The van der Waals surface area contributed by atoms with Crippen molar-refractivity contribution in [3.8, 4) is 5.75 Å². The first kappa shape index (κ1) is 15.0. The number of nitrogens with zero attached hydrogens (tertiary/aromatic N) is 1. The van der Waals surface area contributed by atoms with Crippen molar-refractivity contribution < 1.29 is 18.3 Å². The van der Waals surface area contributed by atoms with E-state index < -0.39 is 5.82 Å². The molecule has 3 rings (SSSR count). The predicted molar refractivity (Wildman–Crippen MR) is 82.5 cm³/mol. The minimum absolute atomic E-state index is 0.0567. The zero-order chi connectivity index (χ0) is 16.2. The van der Waals surface area contributed by atoms with Gasteiger partial charge in [0, 0.05) is 13.5 Å². The third-order valence-electron chi connectivity index (χ3n) is 3.24. The van der Waals surface area contributed by atoms with Crippen molar-refractivity contribution in [2.75, 3.05) is 6.61 Å². The van der Waals surface area contributed by atoms with Crippen molar-refractivity contribution in [2.45, 2.75) is 13.5 Å². The first-order chi connectivity index (χ1) is 11.1. The number of nitrogens with one attached hydrogen (secondary N) is 1. The molecule has 0 atom stereocenters. The second-order valence-electron chi connectivity index (χ2n) is 5.03. The average molecular weight is 314 g/mol. The highest BCUT2D eigenvalue weighted by atomic mass is 19.1. The highest BCUT2D eigenvalue weighted by Gasteiger charge is 2.07. The van der Waals surface area contributed by atoms with Gasteiger partial charge in [0.15, 0.2) is 29.6 Å². The fourth-order valence-corrected chi connectivity index (χ4v) is 2.15. The SMILES string of the molecule is Cc1nc2ccc(CNC(=O)COc3ccccc3F)cc2o1. The molecule has 1 amide bonds. The number of hydrogen-bond acceptors (Lipinski definition) is 4. The Balaban J connectivity index is 1.54. The van der Waals surface area contributed by atoms with Crippen LogP contribution in [-0.4, -0.2) is 17.5 Å². The zero-order valence-corrected chi connectivity index (χ0v) is 12.5. The Morgan fingerprint density at radius 1 is 1.30 bits per heavy atom. The number of benzene rings is 2. The minimum atomic E-state index is -0.494. The lowest BCUT2D eigenvalue weighted by atomic mass is 10.2. The van der Waals surface area contributed by atoms with Crippen LogP contribution >= 0.6 is 0 Å². The molecule has 118 valence electrons. The number of para-hydroxylation sites is 1. The molecule has 1 N–H and O–H groups in total. The molecule has 5 nitrogen and oxygen atoms in total. The highest BCUT2D eigenvalue weighted by Crippen LogP contribution is 2.17. The van der Waals surface area contributed by atoms with Gasteiger partial charge < -0.3 is 14.5 Å². The van der Waals surface area contributed by atoms with E-state index in [1.54, 1.807) is 19.1 Å². The maximum Gasteiger partial charge on any atom is 0.258 e. The lowest BCUT2D eigenvalue weighted by Gasteiger charge is -2.08. The number of amides is 1. The predicted octanol–water partition coefficient (Wildman–Crippen LogP) is 2.97. The lowest BCUT2D eigenvalue weighted by molar-refractivity contribution is -0.123. The second-order valence-corrected chi connectivity index (χ2v) is 5.03. The lowest BCUT2D eigenvalue weighted by Crippen LogP contribution is -2.28. The molecule has 23 heavy (non-hydrogen) atoms. The van der Waals surface area contributed by atoms with E-state index in [4.69, 9.17) is 9.15 Å². The molecule has 3 aromatic rings. The van der Waals surface area contributed by atoms with Crippen LogP contribution in [0.3, 0.4) is 0 Å². The molecule has 6 heteroatoms. The van der Waals surface area contributed by atoms with Gasteiger partial charge in [0.2, 0.25) is 0 Å². The summed E-state index contributed by atoms with van der Waals surface area (Å²) >= 11 is 0. The molecular formula is C17H15FN2O3. The average Bonchev–Trinajstić information content (AvgIpc) is 2.91. The van der Waals surface area contributed by atoms with Crippen molar-refractivity contribution in [1.29, 1.82) is 0 Å². The molecule has 1 aromatic heterocycles. The number of aryl methyl sites for hydroxylation is 1. The van der Waals surface area contributed by atoms with Gasteiger partial charge in [-0.1, -0.05) is 18.2 Å². The third-order valence-corrected chi connectivity index (χ3v) is 3.24. The molecule has 0 spiro atoms. The fraction of sp³-hybridized carbons (Fsp3) is 0.176. The van der Waals surface area contributed by atoms with Crippen LogP contribution in [0.15, 0.2) is 46.9 Å². The van der Waals surface area contributed by atoms with Crippen LogP contribution in [0.1, 0.15) is 11.5 Å². The van der Waals surface area contributed by atoms with Gasteiger partial charge in [0.1, 0.15) is 5.52 Å². The summed E-state index contributed by atoms with van der Waals surface area (Å²) in [6, 6.07) is 11.5. The first-order valence-corrected chi connectivity index (χ1v) is 7.12. The Labute approximate surface area is 132 Å². The Kier molecular flexibility index (Phi) is 4.23. The highest BCUT2D eigenvalue weighted by molar-refractivity contribution is 5.78. The standard InChI is InChI=1S/C17H15FN2O3/c1-11-20-14-7-6-12(8-16(14)23-11)9-19-17(21)10-22-15-5-3-2-4-13(15)18/h2-8H,9-10H2,1H3,(H,19,21). The molecule has 0 saturated heterocycles. The van der Waals surface area contributed by atoms with Gasteiger partial charge in [-0.3, -0.25) is 4.79 Å². The van der Waals surface area contributed by atoms with Crippen LogP contribution in [0.2, 0.25) is 0 Å². The number of carbonyl (C=O) groups is 1. The largest absolute Gasteiger partial charge is 0.481 e. The van der Waals surface area contributed by atoms with E-state index >= 15 is 0 Å². The molecule has 0 bridgehead atoms. The Morgan fingerprint density at radius 2 is 2.13 bits per heavy atom. The van der Waals surface area contributed by atoms with Crippen LogP contribution in [0.4, 0.5) is 4.39 Å². The van der Waals surface area contributed by atoms with Crippen LogP contribution in [0.5, 0.6) is 5.75 Å². The van der Waals surface area contributed by atoms with Crippen molar-refractivity contribution in [3.05, 3.63) is 59.7 Å². The summed E-state index contributed by atoms with van der Waals surface area (Å²) < 4.78 is 24.0. The third kappa shape index (κ3) is 3.66. The van der Waals surface area contributed by atoms with Crippen molar-refractivity contribution in [1.82, 2.24) is 10.3 Å². The van der Waals surface area contributed by atoms with E-state index in [0.717, 1.165) is 11.1 Å².